The van der Waals surface area contributed by atoms with Crippen LogP contribution >= 0.6 is 0 Å². The molecule has 0 unspecified atom stereocenters. The highest BCUT2D eigenvalue weighted by atomic mass is 16.5. The number of hydrogen-bond acceptors (Lipinski definition) is 5. The monoisotopic (exact) mass is 472 g/mol. The maximum Gasteiger partial charge on any atom is 0.270 e. The first-order chi connectivity index (χ1) is 17.1. The van der Waals surface area contributed by atoms with Gasteiger partial charge in [-0.2, -0.15) is 5.10 Å². The third kappa shape index (κ3) is 5.45. The minimum atomic E-state index is -0.217. The van der Waals surface area contributed by atoms with Crippen molar-refractivity contribution in [1.82, 2.24) is 20.1 Å². The number of aromatic nitrogens is 3. The van der Waals surface area contributed by atoms with Crippen molar-refractivity contribution in [3.05, 3.63) is 87.0 Å². The Morgan fingerprint density at radius 1 is 1.09 bits per heavy atom. The quantitative estimate of drug-likeness (QED) is 0.568. The summed E-state index contributed by atoms with van der Waals surface area (Å²) in [4.78, 5) is 30.6. The van der Waals surface area contributed by atoms with Crippen molar-refractivity contribution in [2.75, 3.05) is 7.11 Å². The van der Waals surface area contributed by atoms with Crippen LogP contribution in [-0.2, 0) is 30.6 Å². The second kappa shape index (κ2) is 10.4. The van der Waals surface area contributed by atoms with Crippen molar-refractivity contribution >= 4 is 5.91 Å². The predicted octanol–water partition coefficient (Wildman–Crippen LogP) is 3.57. The maximum absolute atomic E-state index is 13.4. The molecule has 5 rings (SSSR count). The first kappa shape index (κ1) is 23.3. The summed E-state index contributed by atoms with van der Waals surface area (Å²) >= 11 is 0. The molecule has 1 saturated carbocycles. The third-order valence-corrected chi connectivity index (χ3v) is 7.20. The summed E-state index contributed by atoms with van der Waals surface area (Å²) in [5.41, 5.74) is 4.83. The Morgan fingerprint density at radius 2 is 1.83 bits per heavy atom. The topological polar surface area (TPSA) is 86.1 Å². The number of pyridine rings is 1. The fraction of sp³-hybridized carbons (Fsp3) is 0.429. The van der Waals surface area contributed by atoms with E-state index in [0.29, 0.717) is 23.8 Å². The van der Waals surface area contributed by atoms with Crippen LogP contribution in [0.3, 0.4) is 0 Å². The average Bonchev–Trinajstić information content (AvgIpc) is 3.29. The number of methoxy groups -OCH3 is 1. The van der Waals surface area contributed by atoms with Gasteiger partial charge < -0.3 is 10.1 Å². The minimum absolute atomic E-state index is 0.0574. The molecule has 1 N–H and O–H groups in total. The predicted molar refractivity (Wildman–Crippen MR) is 134 cm³/mol. The lowest BCUT2D eigenvalue weighted by Gasteiger charge is -2.22. The van der Waals surface area contributed by atoms with Gasteiger partial charge in [-0.1, -0.05) is 49.6 Å². The van der Waals surface area contributed by atoms with E-state index in [1.54, 1.807) is 19.4 Å². The van der Waals surface area contributed by atoms with Crippen LogP contribution in [0.4, 0.5) is 0 Å². The molecular formula is C28H32N4O3. The van der Waals surface area contributed by atoms with Gasteiger partial charge in [0.25, 0.3) is 5.56 Å². The fourth-order valence-electron chi connectivity index (χ4n) is 5.38. The number of rotatable bonds is 7. The summed E-state index contributed by atoms with van der Waals surface area (Å²) < 4.78 is 6.52. The van der Waals surface area contributed by atoms with Crippen molar-refractivity contribution in [2.24, 2.45) is 0 Å². The summed E-state index contributed by atoms with van der Waals surface area (Å²) in [5, 5.41) is 7.81. The van der Waals surface area contributed by atoms with Crippen LogP contribution in [0.25, 0.3) is 0 Å². The second-order valence-electron chi connectivity index (χ2n) is 9.72. The molecule has 2 heterocycles. The number of hydrogen-bond donors (Lipinski definition) is 1. The van der Waals surface area contributed by atoms with E-state index in [-0.39, 0.29) is 24.1 Å². The van der Waals surface area contributed by atoms with Crippen molar-refractivity contribution in [2.45, 2.75) is 69.9 Å². The first-order valence-electron chi connectivity index (χ1n) is 12.5. The van der Waals surface area contributed by atoms with Gasteiger partial charge in [0.15, 0.2) is 0 Å². The lowest BCUT2D eigenvalue weighted by Crippen LogP contribution is -2.40. The van der Waals surface area contributed by atoms with E-state index in [1.807, 2.05) is 24.3 Å². The smallest absolute Gasteiger partial charge is 0.270 e. The van der Waals surface area contributed by atoms with Gasteiger partial charge in [-0.25, -0.2) is 9.67 Å². The lowest BCUT2D eigenvalue weighted by atomic mass is 9.86. The lowest BCUT2D eigenvalue weighted by molar-refractivity contribution is -0.122. The Bertz CT molecular complexity index is 1220. The standard InChI is InChI=1S/C28H32N4O3/c1-35-27-12-11-19(17-29-27)13-23-16-25(20-7-3-2-4-8-20)31-32(28(23)34)18-26(33)30-24-14-21-9-5-6-10-22(21)15-24/h5-6,9-12,16-17,20,24H,2-4,7-8,13-15,18H2,1H3,(H,30,33). The van der Waals surface area contributed by atoms with Crippen molar-refractivity contribution in [1.29, 1.82) is 0 Å². The Balaban J connectivity index is 1.36. The van der Waals surface area contributed by atoms with Gasteiger partial charge in [-0.15, -0.1) is 0 Å². The second-order valence-corrected chi connectivity index (χ2v) is 9.72. The summed E-state index contributed by atoms with van der Waals surface area (Å²) in [7, 11) is 1.58. The van der Waals surface area contributed by atoms with E-state index in [2.05, 4.69) is 27.5 Å². The van der Waals surface area contributed by atoms with Crippen LogP contribution in [0.5, 0.6) is 5.88 Å². The van der Waals surface area contributed by atoms with Crippen molar-refractivity contribution in [3.8, 4) is 5.88 Å². The van der Waals surface area contributed by atoms with Crippen molar-refractivity contribution in [3.63, 3.8) is 0 Å². The molecule has 1 aromatic carbocycles. The molecule has 7 heteroatoms. The van der Waals surface area contributed by atoms with Gasteiger partial charge in [0.05, 0.1) is 12.8 Å². The highest BCUT2D eigenvalue weighted by Gasteiger charge is 2.24. The molecule has 2 aromatic heterocycles. The number of ether oxygens (including phenoxy) is 1. The van der Waals surface area contributed by atoms with Gasteiger partial charge in [0.1, 0.15) is 6.54 Å². The fourth-order valence-corrected chi connectivity index (χ4v) is 5.38. The van der Waals surface area contributed by atoms with Gasteiger partial charge in [-0.3, -0.25) is 9.59 Å². The first-order valence-corrected chi connectivity index (χ1v) is 12.5. The Kier molecular flexibility index (Phi) is 6.93. The molecule has 182 valence electrons. The van der Waals surface area contributed by atoms with Gasteiger partial charge in [0.2, 0.25) is 11.8 Å². The zero-order valence-corrected chi connectivity index (χ0v) is 20.2. The molecule has 7 nitrogen and oxygen atoms in total. The average molecular weight is 473 g/mol. The number of carbonyl (C=O) groups is 1. The molecule has 0 saturated heterocycles. The molecule has 2 aliphatic rings. The zero-order chi connectivity index (χ0) is 24.2. The minimum Gasteiger partial charge on any atom is -0.481 e. The van der Waals surface area contributed by atoms with E-state index in [1.165, 1.54) is 35.1 Å². The largest absolute Gasteiger partial charge is 0.481 e. The Morgan fingerprint density at radius 3 is 2.49 bits per heavy atom. The SMILES string of the molecule is COc1ccc(Cc2cc(C3CCCCC3)nn(CC(=O)NC3Cc4ccccc4C3)c2=O)cn1. The number of carbonyl (C=O) groups excluding carboxylic acids is 1. The van der Waals surface area contributed by atoms with E-state index in [0.717, 1.165) is 36.9 Å². The Labute approximate surface area is 205 Å². The zero-order valence-electron chi connectivity index (χ0n) is 20.2. The molecule has 0 atom stereocenters. The number of nitrogens with one attached hydrogen (secondary N) is 1. The molecule has 0 spiro atoms. The number of fused-ring (bicyclic) bond motifs is 1. The molecule has 0 radical (unpaired) electrons. The molecule has 1 fully saturated rings. The highest BCUT2D eigenvalue weighted by Crippen LogP contribution is 2.31. The van der Waals surface area contributed by atoms with Crippen LogP contribution in [0.2, 0.25) is 0 Å². The molecule has 0 bridgehead atoms. The summed E-state index contributed by atoms with van der Waals surface area (Å²) in [6, 6.07) is 14.0. The van der Waals surface area contributed by atoms with Crippen LogP contribution in [0.1, 0.15) is 66.0 Å². The van der Waals surface area contributed by atoms with Crippen LogP contribution in [0.15, 0.2) is 53.5 Å². The van der Waals surface area contributed by atoms with E-state index in [4.69, 9.17) is 4.74 Å². The molecule has 2 aliphatic carbocycles. The van der Waals surface area contributed by atoms with Gasteiger partial charge in [0, 0.05) is 36.2 Å². The summed E-state index contributed by atoms with van der Waals surface area (Å²) in [6.45, 7) is -0.0693. The number of benzene rings is 1. The van der Waals surface area contributed by atoms with E-state index < -0.39 is 0 Å². The van der Waals surface area contributed by atoms with Gasteiger partial charge >= 0.3 is 0 Å². The number of nitrogens with zero attached hydrogens (tertiary/aromatic N) is 3. The van der Waals surface area contributed by atoms with Crippen molar-refractivity contribution < 1.29 is 9.53 Å². The van der Waals surface area contributed by atoms with E-state index in [9.17, 15) is 9.59 Å². The van der Waals surface area contributed by atoms with Gasteiger partial charge in [-0.05, 0) is 48.4 Å². The molecule has 0 aliphatic heterocycles. The number of amides is 1. The summed E-state index contributed by atoms with van der Waals surface area (Å²) in [6.07, 6.45) is 9.54. The van der Waals surface area contributed by atoms with Crippen LogP contribution < -0.4 is 15.6 Å². The summed E-state index contributed by atoms with van der Waals surface area (Å²) in [5.74, 6) is 0.695. The maximum atomic E-state index is 13.4. The van der Waals surface area contributed by atoms with E-state index >= 15 is 0 Å². The molecular weight excluding hydrogens is 440 g/mol. The molecule has 35 heavy (non-hydrogen) atoms. The Hall–Kier alpha value is -3.48. The van der Waals surface area contributed by atoms with Crippen LogP contribution in [-0.4, -0.2) is 33.8 Å². The third-order valence-electron chi connectivity index (χ3n) is 7.20. The normalized spacial score (nSPS) is 16.1. The highest BCUT2D eigenvalue weighted by molar-refractivity contribution is 5.76. The molecule has 1 amide bonds. The van der Waals surface area contributed by atoms with Crippen LogP contribution in [0, 0.1) is 0 Å². The molecule has 3 aromatic rings.